The molecule has 27 heavy (non-hydrogen) atoms. The summed E-state index contributed by atoms with van der Waals surface area (Å²) in [6.45, 7) is 1.62. The first kappa shape index (κ1) is 17.5. The molecule has 0 aromatic heterocycles. The lowest BCUT2D eigenvalue weighted by atomic mass is 10.1. The van der Waals surface area contributed by atoms with Crippen molar-refractivity contribution in [2.75, 3.05) is 25.2 Å². The lowest BCUT2D eigenvalue weighted by Gasteiger charge is -2.27. The molecule has 0 bridgehead atoms. The van der Waals surface area contributed by atoms with Gasteiger partial charge in [0.2, 0.25) is 0 Å². The zero-order chi connectivity index (χ0) is 18.6. The van der Waals surface area contributed by atoms with Crippen LogP contribution in [0, 0.1) is 0 Å². The molecule has 1 fully saturated rings. The van der Waals surface area contributed by atoms with Crippen molar-refractivity contribution in [2.45, 2.75) is 25.4 Å². The number of benzene rings is 2. The molecule has 1 N–H and O–H groups in total. The highest BCUT2D eigenvalue weighted by Gasteiger charge is 2.28. The van der Waals surface area contributed by atoms with Crippen molar-refractivity contribution in [1.29, 1.82) is 0 Å². The molecule has 1 saturated heterocycles. The molecule has 0 aliphatic carbocycles. The average molecular weight is 366 g/mol. The standard InChI is InChI=1S/C21H22N2O4/c24-20(19-17-9-2-3-10-18(17)26-14-27-19)22-16-8-6-7-15(13-16)21(25)23-11-4-1-5-12-23/h2-3,6-10,13,19H,1,4-5,11-12,14H2,(H,22,24). The normalized spacial score (nSPS) is 19.0. The highest BCUT2D eigenvalue weighted by atomic mass is 16.7. The van der Waals surface area contributed by atoms with Gasteiger partial charge in [-0.15, -0.1) is 0 Å². The van der Waals surface area contributed by atoms with Gasteiger partial charge >= 0.3 is 0 Å². The van der Waals surface area contributed by atoms with E-state index in [0.29, 0.717) is 22.6 Å². The maximum atomic E-state index is 12.7. The zero-order valence-corrected chi connectivity index (χ0v) is 15.0. The van der Waals surface area contributed by atoms with E-state index in [4.69, 9.17) is 9.47 Å². The number of piperidine rings is 1. The van der Waals surface area contributed by atoms with Gasteiger partial charge in [0, 0.05) is 29.9 Å². The third kappa shape index (κ3) is 3.80. The van der Waals surface area contributed by atoms with Gasteiger partial charge in [-0.05, 0) is 43.5 Å². The zero-order valence-electron chi connectivity index (χ0n) is 15.0. The fraction of sp³-hybridized carbons (Fsp3) is 0.333. The Labute approximate surface area is 158 Å². The third-order valence-corrected chi connectivity index (χ3v) is 4.91. The maximum absolute atomic E-state index is 12.7. The van der Waals surface area contributed by atoms with Gasteiger partial charge in [-0.3, -0.25) is 9.59 Å². The molecular weight excluding hydrogens is 344 g/mol. The first-order valence-electron chi connectivity index (χ1n) is 9.26. The van der Waals surface area contributed by atoms with Crippen molar-refractivity contribution < 1.29 is 19.1 Å². The molecule has 2 heterocycles. The van der Waals surface area contributed by atoms with E-state index in [1.807, 2.05) is 29.2 Å². The van der Waals surface area contributed by atoms with Crippen molar-refractivity contribution >= 4 is 17.5 Å². The monoisotopic (exact) mass is 366 g/mol. The number of fused-ring (bicyclic) bond motifs is 1. The molecule has 0 saturated carbocycles. The number of nitrogens with zero attached hydrogens (tertiary/aromatic N) is 1. The second-order valence-corrected chi connectivity index (χ2v) is 6.77. The molecule has 140 valence electrons. The van der Waals surface area contributed by atoms with Crippen LogP contribution in [0.2, 0.25) is 0 Å². The molecule has 0 radical (unpaired) electrons. The molecule has 6 nitrogen and oxygen atoms in total. The predicted molar refractivity (Wildman–Crippen MR) is 101 cm³/mol. The lowest BCUT2D eigenvalue weighted by molar-refractivity contribution is -0.136. The summed E-state index contributed by atoms with van der Waals surface area (Å²) in [7, 11) is 0. The van der Waals surface area contributed by atoms with Crippen LogP contribution in [0.25, 0.3) is 0 Å². The number of carbonyl (C=O) groups excluding carboxylic acids is 2. The molecule has 2 amide bonds. The molecule has 1 atom stereocenters. The molecule has 1 unspecified atom stereocenters. The maximum Gasteiger partial charge on any atom is 0.258 e. The van der Waals surface area contributed by atoms with Crippen LogP contribution in [-0.4, -0.2) is 36.6 Å². The van der Waals surface area contributed by atoms with E-state index < -0.39 is 6.10 Å². The molecule has 6 heteroatoms. The van der Waals surface area contributed by atoms with E-state index in [2.05, 4.69) is 5.32 Å². The fourth-order valence-electron chi connectivity index (χ4n) is 3.52. The van der Waals surface area contributed by atoms with E-state index in [-0.39, 0.29) is 18.6 Å². The number of hydrogen-bond donors (Lipinski definition) is 1. The largest absolute Gasteiger partial charge is 0.467 e. The van der Waals surface area contributed by atoms with Crippen molar-refractivity contribution in [3.8, 4) is 5.75 Å². The highest BCUT2D eigenvalue weighted by Crippen LogP contribution is 2.32. The van der Waals surface area contributed by atoms with E-state index in [0.717, 1.165) is 25.9 Å². The SMILES string of the molecule is O=C(Nc1cccc(C(=O)N2CCCCC2)c1)C1OCOc2ccccc21. The average Bonchev–Trinajstić information content (AvgIpc) is 2.73. The van der Waals surface area contributed by atoms with Crippen LogP contribution >= 0.6 is 0 Å². The van der Waals surface area contributed by atoms with E-state index in [9.17, 15) is 9.59 Å². The quantitative estimate of drug-likeness (QED) is 0.904. The minimum absolute atomic E-state index is 0.0125. The van der Waals surface area contributed by atoms with Gasteiger partial charge < -0.3 is 19.7 Å². The summed E-state index contributed by atoms with van der Waals surface area (Å²) in [5.74, 6) is 0.379. The van der Waals surface area contributed by atoms with Gasteiger partial charge in [0.05, 0.1) is 0 Å². The Hall–Kier alpha value is -2.86. The van der Waals surface area contributed by atoms with Gasteiger partial charge in [0.1, 0.15) is 5.75 Å². The van der Waals surface area contributed by atoms with Crippen LogP contribution in [0.15, 0.2) is 48.5 Å². The molecule has 2 aliphatic heterocycles. The topological polar surface area (TPSA) is 67.9 Å². The Morgan fingerprint density at radius 2 is 1.81 bits per heavy atom. The number of ether oxygens (including phenoxy) is 2. The number of likely N-dealkylation sites (tertiary alicyclic amines) is 1. The van der Waals surface area contributed by atoms with Crippen molar-refractivity contribution in [3.05, 3.63) is 59.7 Å². The summed E-state index contributed by atoms with van der Waals surface area (Å²) >= 11 is 0. The van der Waals surface area contributed by atoms with Crippen molar-refractivity contribution in [1.82, 2.24) is 4.90 Å². The number of para-hydroxylation sites is 1. The van der Waals surface area contributed by atoms with Gasteiger partial charge in [-0.1, -0.05) is 24.3 Å². The summed E-state index contributed by atoms with van der Waals surface area (Å²) in [6, 6.07) is 14.4. The number of hydrogen-bond acceptors (Lipinski definition) is 4. The Morgan fingerprint density at radius 3 is 2.67 bits per heavy atom. The number of anilines is 1. The van der Waals surface area contributed by atoms with Crippen molar-refractivity contribution in [3.63, 3.8) is 0 Å². The van der Waals surface area contributed by atoms with E-state index >= 15 is 0 Å². The molecule has 2 aromatic carbocycles. The Bertz CT molecular complexity index is 846. The fourth-order valence-corrected chi connectivity index (χ4v) is 3.52. The third-order valence-electron chi connectivity index (χ3n) is 4.91. The van der Waals surface area contributed by atoms with E-state index in [1.54, 1.807) is 24.3 Å². The smallest absolute Gasteiger partial charge is 0.258 e. The summed E-state index contributed by atoms with van der Waals surface area (Å²) in [5, 5.41) is 2.86. The van der Waals surface area contributed by atoms with Gasteiger partial charge in [-0.2, -0.15) is 0 Å². The second-order valence-electron chi connectivity index (χ2n) is 6.77. The number of carbonyl (C=O) groups is 2. The summed E-state index contributed by atoms with van der Waals surface area (Å²) in [6.07, 6.45) is 2.52. The van der Waals surface area contributed by atoms with Crippen LogP contribution in [0.4, 0.5) is 5.69 Å². The molecule has 2 aliphatic rings. The van der Waals surface area contributed by atoms with E-state index in [1.165, 1.54) is 6.42 Å². The van der Waals surface area contributed by atoms with Crippen LogP contribution in [0.3, 0.4) is 0 Å². The van der Waals surface area contributed by atoms with Gasteiger partial charge in [0.15, 0.2) is 12.9 Å². The molecule has 4 rings (SSSR count). The van der Waals surface area contributed by atoms with Crippen LogP contribution in [-0.2, 0) is 9.53 Å². The van der Waals surface area contributed by atoms with Crippen LogP contribution < -0.4 is 10.1 Å². The highest BCUT2D eigenvalue weighted by molar-refractivity contribution is 5.98. The first-order chi connectivity index (χ1) is 13.2. The summed E-state index contributed by atoms with van der Waals surface area (Å²) in [5.41, 5.74) is 1.86. The lowest BCUT2D eigenvalue weighted by Crippen LogP contribution is -2.35. The predicted octanol–water partition coefficient (Wildman–Crippen LogP) is 3.36. The first-order valence-corrected chi connectivity index (χ1v) is 9.26. The minimum atomic E-state index is -0.739. The van der Waals surface area contributed by atoms with Gasteiger partial charge in [-0.25, -0.2) is 0 Å². The molecule has 2 aromatic rings. The van der Waals surface area contributed by atoms with Crippen LogP contribution in [0.1, 0.15) is 41.3 Å². The second kappa shape index (κ2) is 7.80. The minimum Gasteiger partial charge on any atom is -0.467 e. The molecular formula is C21H22N2O4. The Morgan fingerprint density at radius 1 is 1.00 bits per heavy atom. The number of amides is 2. The molecule has 0 spiro atoms. The Kier molecular flexibility index (Phi) is 5.07. The summed E-state index contributed by atoms with van der Waals surface area (Å²) in [4.78, 5) is 27.3. The number of nitrogens with one attached hydrogen (secondary N) is 1. The van der Waals surface area contributed by atoms with Gasteiger partial charge in [0.25, 0.3) is 11.8 Å². The van der Waals surface area contributed by atoms with Crippen LogP contribution in [0.5, 0.6) is 5.75 Å². The number of rotatable bonds is 3. The summed E-state index contributed by atoms with van der Waals surface area (Å²) < 4.78 is 10.9. The Balaban J connectivity index is 1.49. The van der Waals surface area contributed by atoms with Crippen molar-refractivity contribution in [2.24, 2.45) is 0 Å².